The number of rotatable bonds is 11. The lowest BCUT2D eigenvalue weighted by Crippen LogP contribution is -2.46. The molecule has 0 rings (SSSR count). The van der Waals surface area contributed by atoms with Gasteiger partial charge in [0, 0.05) is 12.8 Å². The van der Waals surface area contributed by atoms with Crippen LogP contribution in [0.25, 0.3) is 0 Å². The summed E-state index contributed by atoms with van der Waals surface area (Å²) in [6, 6.07) is -2.21. The summed E-state index contributed by atoms with van der Waals surface area (Å²) >= 11 is 0. The van der Waals surface area contributed by atoms with Gasteiger partial charge in [-0.15, -0.1) is 0 Å². The molecule has 2 atom stereocenters. The standard InChI is InChI=1S/C16H29N3O8/c1-16(2,3)27-13(23)8-18-14(24)9(17)4-6-11(20)19-10(15(25)26)5-7-12(21)22/h9-10,15,25-26H,4-8,17H2,1-3H3,(H,18,24)(H,19,20)(H,21,22). The lowest BCUT2D eigenvalue weighted by Gasteiger charge is -2.21. The number of aliphatic carboxylic acids is 1. The fourth-order valence-corrected chi connectivity index (χ4v) is 1.94. The Morgan fingerprint density at radius 3 is 2.15 bits per heavy atom. The van der Waals surface area contributed by atoms with Crippen molar-refractivity contribution in [1.82, 2.24) is 10.6 Å². The van der Waals surface area contributed by atoms with E-state index >= 15 is 0 Å². The Morgan fingerprint density at radius 2 is 1.67 bits per heavy atom. The SMILES string of the molecule is CC(C)(C)OC(=O)CNC(=O)C(N)CCC(=O)NC(CCC(=O)O)C(O)O. The molecule has 11 nitrogen and oxygen atoms in total. The Kier molecular flexibility index (Phi) is 10.5. The summed E-state index contributed by atoms with van der Waals surface area (Å²) in [6.45, 7) is 4.70. The van der Waals surface area contributed by atoms with Gasteiger partial charge >= 0.3 is 11.9 Å². The van der Waals surface area contributed by atoms with Crippen molar-refractivity contribution < 1.29 is 39.2 Å². The number of nitrogens with one attached hydrogen (secondary N) is 2. The zero-order valence-corrected chi connectivity index (χ0v) is 15.7. The fraction of sp³-hybridized carbons (Fsp3) is 0.750. The maximum absolute atomic E-state index is 11.8. The van der Waals surface area contributed by atoms with Crippen LogP contribution in [0, 0.1) is 0 Å². The highest BCUT2D eigenvalue weighted by Crippen LogP contribution is 2.06. The number of hydrogen-bond donors (Lipinski definition) is 6. The van der Waals surface area contributed by atoms with Crippen LogP contribution in [-0.4, -0.2) is 69.6 Å². The second-order valence-electron chi connectivity index (χ2n) is 6.97. The van der Waals surface area contributed by atoms with Gasteiger partial charge in [0.1, 0.15) is 12.1 Å². The molecule has 7 N–H and O–H groups in total. The smallest absolute Gasteiger partial charge is 0.325 e. The van der Waals surface area contributed by atoms with Crippen LogP contribution in [0.3, 0.4) is 0 Å². The van der Waals surface area contributed by atoms with Crippen molar-refractivity contribution in [1.29, 1.82) is 0 Å². The number of carbonyl (C=O) groups is 4. The third-order valence-electron chi connectivity index (χ3n) is 3.22. The molecule has 0 aromatic heterocycles. The van der Waals surface area contributed by atoms with Gasteiger partial charge in [0.25, 0.3) is 0 Å². The van der Waals surface area contributed by atoms with E-state index in [-0.39, 0.29) is 32.2 Å². The number of carboxylic acids is 1. The molecule has 0 aliphatic carbocycles. The van der Waals surface area contributed by atoms with Crippen LogP contribution in [0.1, 0.15) is 46.5 Å². The number of ether oxygens (including phenoxy) is 1. The van der Waals surface area contributed by atoms with Crippen molar-refractivity contribution in [3.05, 3.63) is 0 Å². The zero-order chi connectivity index (χ0) is 21.2. The van der Waals surface area contributed by atoms with E-state index in [1.54, 1.807) is 20.8 Å². The summed E-state index contributed by atoms with van der Waals surface area (Å²) in [6.07, 6.45) is -2.69. The van der Waals surface area contributed by atoms with E-state index in [1.807, 2.05) is 0 Å². The van der Waals surface area contributed by atoms with Gasteiger partial charge in [-0.25, -0.2) is 0 Å². The van der Waals surface area contributed by atoms with E-state index < -0.39 is 47.7 Å². The zero-order valence-electron chi connectivity index (χ0n) is 15.7. The van der Waals surface area contributed by atoms with Crippen molar-refractivity contribution in [2.24, 2.45) is 5.73 Å². The van der Waals surface area contributed by atoms with E-state index in [2.05, 4.69) is 10.6 Å². The minimum atomic E-state index is -1.92. The van der Waals surface area contributed by atoms with Crippen LogP contribution in [0.5, 0.6) is 0 Å². The number of aliphatic hydroxyl groups excluding tert-OH is 1. The molecule has 0 saturated carbocycles. The summed E-state index contributed by atoms with van der Waals surface area (Å²) in [5.74, 6) is -3.02. The van der Waals surface area contributed by atoms with Crippen LogP contribution >= 0.6 is 0 Å². The lowest BCUT2D eigenvalue weighted by molar-refractivity contribution is -0.154. The van der Waals surface area contributed by atoms with Crippen molar-refractivity contribution >= 4 is 23.8 Å². The predicted octanol–water partition coefficient (Wildman–Crippen LogP) is -1.79. The number of hydrogen-bond acceptors (Lipinski definition) is 8. The van der Waals surface area contributed by atoms with Crippen molar-refractivity contribution in [2.45, 2.75) is 70.4 Å². The highest BCUT2D eigenvalue weighted by atomic mass is 16.6. The molecule has 11 heteroatoms. The highest BCUT2D eigenvalue weighted by molar-refractivity contribution is 5.86. The molecule has 27 heavy (non-hydrogen) atoms. The Balaban J connectivity index is 4.28. The summed E-state index contributed by atoms with van der Waals surface area (Å²) in [4.78, 5) is 45.7. The maximum Gasteiger partial charge on any atom is 0.325 e. The molecular formula is C16H29N3O8. The van der Waals surface area contributed by atoms with Crippen molar-refractivity contribution in [3.63, 3.8) is 0 Å². The van der Waals surface area contributed by atoms with Gasteiger partial charge in [0.15, 0.2) is 6.29 Å². The topological polar surface area (TPSA) is 188 Å². The van der Waals surface area contributed by atoms with Crippen LogP contribution in [-0.2, 0) is 23.9 Å². The highest BCUT2D eigenvalue weighted by Gasteiger charge is 2.22. The molecule has 0 saturated heterocycles. The molecular weight excluding hydrogens is 362 g/mol. The van der Waals surface area contributed by atoms with Gasteiger partial charge in [-0.1, -0.05) is 0 Å². The Bertz CT molecular complexity index is 530. The molecule has 0 aromatic carbocycles. The van der Waals surface area contributed by atoms with Crippen LogP contribution in [0.4, 0.5) is 0 Å². The molecule has 0 fully saturated rings. The van der Waals surface area contributed by atoms with Crippen LogP contribution < -0.4 is 16.4 Å². The summed E-state index contributed by atoms with van der Waals surface area (Å²) < 4.78 is 5.02. The molecule has 0 heterocycles. The number of aliphatic hydroxyl groups is 2. The minimum absolute atomic E-state index is 0.0564. The van der Waals surface area contributed by atoms with Gasteiger partial charge < -0.3 is 36.4 Å². The van der Waals surface area contributed by atoms with E-state index in [0.29, 0.717) is 0 Å². The number of esters is 1. The molecule has 0 aliphatic rings. The number of amides is 2. The Labute approximate surface area is 157 Å². The predicted molar refractivity (Wildman–Crippen MR) is 93.1 cm³/mol. The third-order valence-corrected chi connectivity index (χ3v) is 3.22. The first-order valence-electron chi connectivity index (χ1n) is 8.44. The molecule has 0 aromatic rings. The van der Waals surface area contributed by atoms with Crippen LogP contribution in [0.15, 0.2) is 0 Å². The molecule has 0 radical (unpaired) electrons. The first kappa shape index (κ1) is 24.8. The molecule has 0 spiro atoms. The van der Waals surface area contributed by atoms with Gasteiger partial charge in [-0.05, 0) is 33.6 Å². The average Bonchev–Trinajstić information content (AvgIpc) is 2.51. The molecule has 2 unspecified atom stereocenters. The van der Waals surface area contributed by atoms with Crippen molar-refractivity contribution in [2.75, 3.05) is 6.54 Å². The van der Waals surface area contributed by atoms with E-state index in [0.717, 1.165) is 0 Å². The van der Waals surface area contributed by atoms with Crippen molar-refractivity contribution in [3.8, 4) is 0 Å². The fourth-order valence-electron chi connectivity index (χ4n) is 1.94. The quantitative estimate of drug-likeness (QED) is 0.175. The maximum atomic E-state index is 11.8. The van der Waals surface area contributed by atoms with Gasteiger partial charge in [0.05, 0.1) is 12.1 Å². The monoisotopic (exact) mass is 391 g/mol. The molecule has 0 bridgehead atoms. The summed E-state index contributed by atoms with van der Waals surface area (Å²) in [7, 11) is 0. The van der Waals surface area contributed by atoms with Gasteiger partial charge in [-0.3, -0.25) is 19.2 Å². The second-order valence-corrected chi connectivity index (χ2v) is 6.97. The minimum Gasteiger partial charge on any atom is -0.481 e. The molecule has 0 aliphatic heterocycles. The summed E-state index contributed by atoms with van der Waals surface area (Å²) in [5, 5.41) is 31.5. The normalized spacial score (nSPS) is 13.6. The molecule has 2 amide bonds. The molecule has 156 valence electrons. The Hall–Kier alpha value is -2.24. The first-order valence-corrected chi connectivity index (χ1v) is 8.44. The van der Waals surface area contributed by atoms with Gasteiger partial charge in [-0.2, -0.15) is 0 Å². The third kappa shape index (κ3) is 12.7. The number of carboxylic acid groups (broad SMARTS) is 1. The van der Waals surface area contributed by atoms with E-state index in [1.165, 1.54) is 0 Å². The van der Waals surface area contributed by atoms with E-state index in [9.17, 15) is 19.2 Å². The van der Waals surface area contributed by atoms with Gasteiger partial charge in [0.2, 0.25) is 11.8 Å². The number of nitrogens with two attached hydrogens (primary N) is 1. The second kappa shape index (κ2) is 11.5. The first-order chi connectivity index (χ1) is 12.3. The largest absolute Gasteiger partial charge is 0.481 e. The average molecular weight is 391 g/mol. The van der Waals surface area contributed by atoms with E-state index in [4.69, 9.17) is 25.8 Å². The lowest BCUT2D eigenvalue weighted by atomic mass is 10.1. The Morgan fingerprint density at radius 1 is 1.07 bits per heavy atom. The number of carbonyl (C=O) groups excluding carboxylic acids is 3. The summed E-state index contributed by atoms with van der Waals surface area (Å²) in [5.41, 5.74) is 4.96. The van der Waals surface area contributed by atoms with Crippen LogP contribution in [0.2, 0.25) is 0 Å².